The van der Waals surface area contributed by atoms with E-state index in [2.05, 4.69) is 31.0 Å². The Balaban J connectivity index is 1.14. The number of alkyl carbamates (subject to hydrolysis) is 1. The summed E-state index contributed by atoms with van der Waals surface area (Å²) in [5.41, 5.74) is 2.19. The molecule has 0 aliphatic heterocycles. The highest BCUT2D eigenvalue weighted by molar-refractivity contribution is 5.82. The second kappa shape index (κ2) is 17.5. The quantitative estimate of drug-likeness (QED) is 0.168. The maximum atomic E-state index is 15.0. The van der Waals surface area contributed by atoms with Crippen molar-refractivity contribution in [2.24, 2.45) is 13.0 Å². The van der Waals surface area contributed by atoms with Crippen molar-refractivity contribution in [3.8, 4) is 11.3 Å². The number of aryl methyl sites for hydroxylation is 1. The molecule has 3 amide bonds. The molecule has 5 rings (SSSR count). The van der Waals surface area contributed by atoms with E-state index in [1.165, 1.54) is 23.9 Å². The van der Waals surface area contributed by atoms with Crippen molar-refractivity contribution in [3.63, 3.8) is 0 Å². The van der Waals surface area contributed by atoms with E-state index < -0.39 is 23.6 Å². The van der Waals surface area contributed by atoms with Gasteiger partial charge in [-0.3, -0.25) is 14.4 Å². The van der Waals surface area contributed by atoms with Crippen molar-refractivity contribution >= 4 is 24.0 Å². The van der Waals surface area contributed by atoms with Gasteiger partial charge in [-0.15, -0.1) is 0 Å². The molecular formula is C37H51FN8O5. The molecule has 1 aromatic carbocycles. The summed E-state index contributed by atoms with van der Waals surface area (Å²) in [6.07, 6.45) is 8.99. The molecule has 3 N–H and O–H groups in total. The van der Waals surface area contributed by atoms with Crippen LogP contribution in [0.1, 0.15) is 83.4 Å². The maximum Gasteiger partial charge on any atom is 0.410 e. The van der Waals surface area contributed by atoms with Gasteiger partial charge in [0, 0.05) is 43.5 Å². The van der Waals surface area contributed by atoms with Crippen LogP contribution < -0.4 is 16.0 Å². The number of amides is 3. The average molecular weight is 707 g/mol. The summed E-state index contributed by atoms with van der Waals surface area (Å²) >= 11 is 0. The Hall–Kier alpha value is -4.75. The Bertz CT molecular complexity index is 1620. The predicted octanol–water partition coefficient (Wildman–Crippen LogP) is 5.75. The molecule has 0 spiro atoms. The van der Waals surface area contributed by atoms with Crippen LogP contribution in [0.15, 0.2) is 42.7 Å². The second-order valence-corrected chi connectivity index (χ2v) is 14.5. The molecule has 2 heterocycles. The maximum absolute atomic E-state index is 15.0. The summed E-state index contributed by atoms with van der Waals surface area (Å²) in [5, 5.41) is 13.4. The number of hydrogen-bond acceptors (Lipinski definition) is 9. The van der Waals surface area contributed by atoms with Crippen LogP contribution >= 0.6 is 0 Å². The fourth-order valence-electron chi connectivity index (χ4n) is 6.18. The third kappa shape index (κ3) is 11.6. The van der Waals surface area contributed by atoms with Crippen LogP contribution in [0, 0.1) is 11.7 Å². The van der Waals surface area contributed by atoms with Gasteiger partial charge in [-0.25, -0.2) is 23.9 Å². The number of carbonyl (C=O) groups is 3. The van der Waals surface area contributed by atoms with Gasteiger partial charge in [-0.1, -0.05) is 30.3 Å². The summed E-state index contributed by atoms with van der Waals surface area (Å²) < 4.78 is 27.7. The van der Waals surface area contributed by atoms with Crippen LogP contribution in [0.5, 0.6) is 0 Å². The lowest BCUT2D eigenvalue weighted by molar-refractivity contribution is -0.122. The monoisotopic (exact) mass is 706 g/mol. The predicted molar refractivity (Wildman–Crippen MR) is 190 cm³/mol. The van der Waals surface area contributed by atoms with E-state index in [1.54, 1.807) is 31.6 Å². The Kier molecular flexibility index (Phi) is 12.8. The molecule has 2 aliphatic rings. The number of hydrogen-bond donors (Lipinski definition) is 3. The lowest BCUT2D eigenvalue weighted by Gasteiger charge is -2.36. The largest absolute Gasteiger partial charge is 0.445 e. The number of carbonyl (C=O) groups excluding carboxylic acids is 3. The van der Waals surface area contributed by atoms with Gasteiger partial charge in [0.2, 0.25) is 11.9 Å². The van der Waals surface area contributed by atoms with Crippen LogP contribution in [-0.4, -0.2) is 80.1 Å². The van der Waals surface area contributed by atoms with E-state index in [4.69, 9.17) is 9.47 Å². The first-order chi connectivity index (χ1) is 24.4. The number of halogens is 1. The van der Waals surface area contributed by atoms with Gasteiger partial charge in [-0.2, -0.15) is 5.10 Å². The molecule has 276 valence electrons. The van der Waals surface area contributed by atoms with E-state index >= 15 is 0 Å². The standard InChI is InChI=1S/C37H51FN8O5/c1-37(2,3)51-35(48)40-19-9-8-18-39-32(47)23-46(36(49)50-24-26-10-6-5-7-11-26)28-16-14-27(15-17-28)43-34-41-22-30(38)33(44-34)29-21-42-45(4)31(29)20-25-12-13-25/h5-7,10-11,21-22,25,27-28H,8-9,12-20,23-24H2,1-4H3,(H,39,47)(H,40,48)(H,41,43,44). The Morgan fingerprint density at radius 1 is 0.980 bits per heavy atom. The highest BCUT2D eigenvalue weighted by Crippen LogP contribution is 2.36. The van der Waals surface area contributed by atoms with Crippen LogP contribution in [0.4, 0.5) is 19.9 Å². The molecule has 14 heteroatoms. The fraction of sp³-hybridized carbons (Fsp3) is 0.568. The SMILES string of the molecule is Cn1ncc(-c2nc(NC3CCC(N(CC(=O)NCCCCNC(=O)OC(C)(C)C)C(=O)OCc4ccccc4)CC3)ncc2F)c1CC1CC1. The molecule has 0 saturated heterocycles. The molecule has 2 aliphatic carbocycles. The Morgan fingerprint density at radius 2 is 1.69 bits per heavy atom. The smallest absolute Gasteiger partial charge is 0.410 e. The molecule has 0 radical (unpaired) electrons. The van der Waals surface area contributed by atoms with Gasteiger partial charge < -0.3 is 25.4 Å². The van der Waals surface area contributed by atoms with Crippen molar-refractivity contribution in [2.45, 2.75) is 103 Å². The number of aromatic nitrogens is 4. The van der Waals surface area contributed by atoms with Gasteiger partial charge in [0.1, 0.15) is 24.4 Å². The molecule has 13 nitrogen and oxygen atoms in total. The van der Waals surface area contributed by atoms with Crippen LogP contribution in [-0.2, 0) is 34.3 Å². The summed E-state index contributed by atoms with van der Waals surface area (Å²) in [6.45, 7) is 6.21. The minimum atomic E-state index is -0.567. The van der Waals surface area contributed by atoms with Crippen LogP contribution in [0.25, 0.3) is 11.3 Å². The van der Waals surface area contributed by atoms with Crippen LogP contribution in [0.3, 0.4) is 0 Å². The van der Waals surface area contributed by atoms with E-state index in [0.29, 0.717) is 69.0 Å². The Morgan fingerprint density at radius 3 is 2.37 bits per heavy atom. The molecule has 2 aromatic heterocycles. The van der Waals surface area contributed by atoms with Crippen molar-refractivity contribution in [1.29, 1.82) is 0 Å². The van der Waals surface area contributed by atoms with E-state index in [1.807, 2.05) is 37.4 Å². The lowest BCUT2D eigenvalue weighted by Crippen LogP contribution is -2.48. The highest BCUT2D eigenvalue weighted by Gasteiger charge is 2.32. The number of nitrogens with one attached hydrogen (secondary N) is 3. The molecular weight excluding hydrogens is 655 g/mol. The van der Waals surface area contributed by atoms with E-state index in [0.717, 1.165) is 17.7 Å². The zero-order valence-corrected chi connectivity index (χ0v) is 30.1. The molecule has 51 heavy (non-hydrogen) atoms. The topological polar surface area (TPSA) is 153 Å². The minimum absolute atomic E-state index is 0.00435. The first kappa shape index (κ1) is 37.5. The number of nitrogens with zero attached hydrogens (tertiary/aromatic N) is 5. The zero-order valence-electron chi connectivity index (χ0n) is 30.1. The fourth-order valence-corrected chi connectivity index (χ4v) is 6.18. The van der Waals surface area contributed by atoms with Crippen molar-refractivity contribution in [3.05, 3.63) is 59.8 Å². The number of rotatable bonds is 15. The number of ether oxygens (including phenoxy) is 2. The number of unbranched alkanes of at least 4 members (excludes halogenated alkanes) is 1. The summed E-state index contributed by atoms with van der Waals surface area (Å²) in [6, 6.07) is 9.20. The lowest BCUT2D eigenvalue weighted by atomic mass is 9.90. The summed E-state index contributed by atoms with van der Waals surface area (Å²) in [7, 11) is 1.87. The molecule has 0 atom stereocenters. The minimum Gasteiger partial charge on any atom is -0.445 e. The van der Waals surface area contributed by atoms with Gasteiger partial charge in [0.05, 0.1) is 12.4 Å². The van der Waals surface area contributed by atoms with Gasteiger partial charge in [0.25, 0.3) is 0 Å². The van der Waals surface area contributed by atoms with E-state index in [-0.39, 0.29) is 36.8 Å². The van der Waals surface area contributed by atoms with Gasteiger partial charge >= 0.3 is 12.2 Å². The highest BCUT2D eigenvalue weighted by atomic mass is 19.1. The van der Waals surface area contributed by atoms with Crippen molar-refractivity contribution in [2.75, 3.05) is 25.0 Å². The normalized spacial score (nSPS) is 17.4. The third-order valence-corrected chi connectivity index (χ3v) is 9.06. The average Bonchev–Trinajstić information content (AvgIpc) is 3.85. The summed E-state index contributed by atoms with van der Waals surface area (Å²) in [5.74, 6) is 0.180. The number of benzene rings is 1. The third-order valence-electron chi connectivity index (χ3n) is 9.06. The molecule has 0 bridgehead atoms. The van der Waals surface area contributed by atoms with Crippen molar-refractivity contribution in [1.82, 2.24) is 35.3 Å². The second-order valence-electron chi connectivity index (χ2n) is 14.5. The first-order valence-electron chi connectivity index (χ1n) is 18.0. The molecule has 2 saturated carbocycles. The first-order valence-corrected chi connectivity index (χ1v) is 18.0. The van der Waals surface area contributed by atoms with E-state index in [9.17, 15) is 18.8 Å². The van der Waals surface area contributed by atoms with Gasteiger partial charge in [-0.05, 0) is 90.0 Å². The van der Waals surface area contributed by atoms with Gasteiger partial charge in [0.15, 0.2) is 5.82 Å². The molecule has 2 fully saturated rings. The number of anilines is 1. The molecule has 3 aromatic rings. The van der Waals surface area contributed by atoms with Crippen LogP contribution in [0.2, 0.25) is 0 Å². The zero-order chi connectivity index (χ0) is 36.4. The Labute approximate surface area is 299 Å². The summed E-state index contributed by atoms with van der Waals surface area (Å²) in [4.78, 5) is 48.6. The van der Waals surface area contributed by atoms with Crippen molar-refractivity contribution < 1.29 is 28.2 Å². The molecule has 0 unspecified atom stereocenters.